The lowest BCUT2D eigenvalue weighted by Crippen LogP contribution is -2.38. The van der Waals surface area contributed by atoms with Gasteiger partial charge in [0.05, 0.1) is 6.54 Å². The SMILES string of the molecule is O=C1CN(CCc2ccc(Br)cc2)CCCN1CCc1ccc(F)cc1. The van der Waals surface area contributed by atoms with Gasteiger partial charge in [-0.2, -0.15) is 0 Å². The van der Waals surface area contributed by atoms with Gasteiger partial charge in [0.15, 0.2) is 0 Å². The van der Waals surface area contributed by atoms with E-state index in [4.69, 9.17) is 0 Å². The lowest BCUT2D eigenvalue weighted by atomic mass is 10.1. The van der Waals surface area contributed by atoms with Crippen LogP contribution in [0.4, 0.5) is 4.39 Å². The Balaban J connectivity index is 1.48. The van der Waals surface area contributed by atoms with E-state index in [0.29, 0.717) is 13.1 Å². The van der Waals surface area contributed by atoms with Gasteiger partial charge in [-0.3, -0.25) is 9.69 Å². The molecular weight excluding hydrogens is 395 g/mol. The third-order valence-electron chi connectivity index (χ3n) is 4.83. The van der Waals surface area contributed by atoms with E-state index in [1.807, 2.05) is 4.90 Å². The van der Waals surface area contributed by atoms with Crippen molar-refractivity contribution >= 4 is 21.8 Å². The second kappa shape index (κ2) is 9.28. The van der Waals surface area contributed by atoms with Crippen LogP contribution in [0.15, 0.2) is 53.0 Å². The number of benzene rings is 2. The summed E-state index contributed by atoms with van der Waals surface area (Å²) in [7, 11) is 0. The number of halogens is 2. The maximum Gasteiger partial charge on any atom is 0.236 e. The molecule has 1 fully saturated rings. The lowest BCUT2D eigenvalue weighted by molar-refractivity contribution is -0.131. The molecular formula is C21H24BrFN2O. The summed E-state index contributed by atoms with van der Waals surface area (Å²) in [6, 6.07) is 14.9. The van der Waals surface area contributed by atoms with Gasteiger partial charge in [-0.05, 0) is 54.7 Å². The zero-order valence-corrected chi connectivity index (χ0v) is 16.4. The Morgan fingerprint density at radius 3 is 2.19 bits per heavy atom. The largest absolute Gasteiger partial charge is 0.341 e. The Labute approximate surface area is 162 Å². The smallest absolute Gasteiger partial charge is 0.236 e. The molecule has 138 valence electrons. The van der Waals surface area contributed by atoms with E-state index in [1.54, 1.807) is 12.1 Å². The van der Waals surface area contributed by atoms with Crippen molar-refractivity contribution in [3.05, 3.63) is 69.9 Å². The Kier molecular flexibility index (Phi) is 6.80. The summed E-state index contributed by atoms with van der Waals surface area (Å²) in [4.78, 5) is 16.8. The van der Waals surface area contributed by atoms with Crippen molar-refractivity contribution in [2.75, 3.05) is 32.7 Å². The van der Waals surface area contributed by atoms with Gasteiger partial charge in [-0.15, -0.1) is 0 Å². The van der Waals surface area contributed by atoms with Crippen LogP contribution in [0.1, 0.15) is 17.5 Å². The molecule has 0 atom stereocenters. The first-order valence-corrected chi connectivity index (χ1v) is 9.88. The van der Waals surface area contributed by atoms with E-state index in [1.165, 1.54) is 17.7 Å². The summed E-state index contributed by atoms with van der Waals surface area (Å²) in [5.74, 6) is -0.0265. The van der Waals surface area contributed by atoms with Crippen LogP contribution in [-0.2, 0) is 17.6 Å². The monoisotopic (exact) mass is 418 g/mol. The quantitative estimate of drug-likeness (QED) is 0.709. The molecule has 1 amide bonds. The van der Waals surface area contributed by atoms with Gasteiger partial charge in [-0.1, -0.05) is 40.2 Å². The van der Waals surface area contributed by atoms with Gasteiger partial charge in [-0.25, -0.2) is 4.39 Å². The standard InChI is InChI=1S/C21H24BrFN2O/c22-19-6-2-17(3-7-19)10-14-24-12-1-13-25(21(26)16-24)15-11-18-4-8-20(23)9-5-18/h2-9H,1,10-16H2. The van der Waals surface area contributed by atoms with Crippen LogP contribution >= 0.6 is 15.9 Å². The Bertz CT molecular complexity index is 718. The summed E-state index contributed by atoms with van der Waals surface area (Å²) in [5, 5.41) is 0. The minimum absolute atomic E-state index is 0.195. The molecule has 0 bridgehead atoms. The molecule has 1 heterocycles. The normalized spacial score (nSPS) is 15.9. The van der Waals surface area contributed by atoms with Crippen molar-refractivity contribution in [1.82, 2.24) is 9.80 Å². The summed E-state index contributed by atoms with van der Waals surface area (Å²) in [6.45, 7) is 3.84. The van der Waals surface area contributed by atoms with Crippen LogP contribution in [0.3, 0.4) is 0 Å². The highest BCUT2D eigenvalue weighted by Crippen LogP contribution is 2.13. The Hall–Kier alpha value is -1.72. The van der Waals surface area contributed by atoms with Crippen molar-refractivity contribution < 1.29 is 9.18 Å². The maximum absolute atomic E-state index is 13.0. The third-order valence-corrected chi connectivity index (χ3v) is 5.36. The van der Waals surface area contributed by atoms with E-state index in [-0.39, 0.29) is 11.7 Å². The van der Waals surface area contributed by atoms with Gasteiger partial charge >= 0.3 is 0 Å². The first-order valence-electron chi connectivity index (χ1n) is 9.09. The molecule has 26 heavy (non-hydrogen) atoms. The minimum Gasteiger partial charge on any atom is -0.341 e. The fourth-order valence-electron chi connectivity index (χ4n) is 3.26. The highest BCUT2D eigenvalue weighted by Gasteiger charge is 2.21. The fraction of sp³-hybridized carbons (Fsp3) is 0.381. The van der Waals surface area contributed by atoms with Crippen LogP contribution in [-0.4, -0.2) is 48.4 Å². The zero-order chi connectivity index (χ0) is 18.4. The molecule has 1 aliphatic heterocycles. The summed E-state index contributed by atoms with van der Waals surface area (Å²) >= 11 is 3.45. The van der Waals surface area contributed by atoms with E-state index in [0.717, 1.165) is 48.9 Å². The van der Waals surface area contributed by atoms with Gasteiger partial charge in [0, 0.05) is 30.7 Å². The number of rotatable bonds is 6. The molecule has 1 aliphatic rings. The van der Waals surface area contributed by atoms with Crippen molar-refractivity contribution in [3.63, 3.8) is 0 Å². The number of nitrogens with zero attached hydrogens (tertiary/aromatic N) is 2. The van der Waals surface area contributed by atoms with Gasteiger partial charge < -0.3 is 4.90 Å². The van der Waals surface area contributed by atoms with Crippen molar-refractivity contribution in [1.29, 1.82) is 0 Å². The van der Waals surface area contributed by atoms with Crippen LogP contribution in [0, 0.1) is 5.82 Å². The number of hydrogen-bond acceptors (Lipinski definition) is 2. The average molecular weight is 419 g/mol. The molecule has 0 aliphatic carbocycles. The van der Waals surface area contributed by atoms with Crippen LogP contribution in [0.2, 0.25) is 0 Å². The highest BCUT2D eigenvalue weighted by molar-refractivity contribution is 9.10. The predicted molar refractivity (Wildman–Crippen MR) is 106 cm³/mol. The summed E-state index contributed by atoms with van der Waals surface area (Å²) in [6.07, 6.45) is 2.72. The van der Waals surface area contributed by atoms with Gasteiger partial charge in [0.25, 0.3) is 0 Å². The van der Waals surface area contributed by atoms with Crippen LogP contribution in [0.25, 0.3) is 0 Å². The molecule has 2 aromatic rings. The van der Waals surface area contributed by atoms with Crippen molar-refractivity contribution in [2.24, 2.45) is 0 Å². The molecule has 0 radical (unpaired) electrons. The molecule has 0 N–H and O–H groups in total. The second-order valence-electron chi connectivity index (χ2n) is 6.76. The zero-order valence-electron chi connectivity index (χ0n) is 14.8. The molecule has 3 nitrogen and oxygen atoms in total. The number of carbonyl (C=O) groups excluding carboxylic acids is 1. The van der Waals surface area contributed by atoms with E-state index >= 15 is 0 Å². The van der Waals surface area contributed by atoms with E-state index in [2.05, 4.69) is 45.1 Å². The molecule has 1 saturated heterocycles. The first-order chi connectivity index (χ1) is 12.6. The average Bonchev–Trinajstić information content (AvgIpc) is 2.82. The van der Waals surface area contributed by atoms with Crippen LogP contribution < -0.4 is 0 Å². The van der Waals surface area contributed by atoms with Gasteiger partial charge in [0.1, 0.15) is 5.82 Å². The molecule has 2 aromatic carbocycles. The summed E-state index contributed by atoms with van der Waals surface area (Å²) in [5.41, 5.74) is 2.36. The van der Waals surface area contributed by atoms with E-state index < -0.39 is 0 Å². The maximum atomic E-state index is 13.0. The number of amides is 1. The molecule has 5 heteroatoms. The van der Waals surface area contributed by atoms with Crippen molar-refractivity contribution in [3.8, 4) is 0 Å². The molecule has 0 aromatic heterocycles. The Morgan fingerprint density at radius 2 is 1.50 bits per heavy atom. The summed E-state index contributed by atoms with van der Waals surface area (Å²) < 4.78 is 14.1. The molecule has 0 unspecified atom stereocenters. The predicted octanol–water partition coefficient (Wildman–Crippen LogP) is 3.91. The van der Waals surface area contributed by atoms with E-state index in [9.17, 15) is 9.18 Å². The lowest BCUT2D eigenvalue weighted by Gasteiger charge is -2.22. The second-order valence-corrected chi connectivity index (χ2v) is 7.68. The highest BCUT2D eigenvalue weighted by atomic mass is 79.9. The van der Waals surface area contributed by atoms with Gasteiger partial charge in [0.2, 0.25) is 5.91 Å². The molecule has 3 rings (SSSR count). The van der Waals surface area contributed by atoms with Crippen LogP contribution in [0.5, 0.6) is 0 Å². The molecule has 0 spiro atoms. The molecule has 0 saturated carbocycles. The first kappa shape index (κ1) is 19.1. The third kappa shape index (κ3) is 5.64. The Morgan fingerprint density at radius 1 is 0.885 bits per heavy atom. The topological polar surface area (TPSA) is 23.6 Å². The minimum atomic E-state index is -0.221. The number of hydrogen-bond donors (Lipinski definition) is 0. The number of carbonyl (C=O) groups is 1. The fourth-order valence-corrected chi connectivity index (χ4v) is 3.53. The van der Waals surface area contributed by atoms with Crippen molar-refractivity contribution in [2.45, 2.75) is 19.3 Å².